The van der Waals surface area contributed by atoms with Crippen molar-refractivity contribution in [1.29, 1.82) is 0 Å². The first-order chi connectivity index (χ1) is 9.52. The Hall–Kier alpha value is -1.95. The third kappa shape index (κ3) is 4.31. The number of carbonyl (C=O) groups is 1. The molecule has 2 heterocycles. The minimum absolute atomic E-state index is 0.00877. The van der Waals surface area contributed by atoms with Crippen molar-refractivity contribution in [3.63, 3.8) is 0 Å². The Morgan fingerprint density at radius 1 is 1.45 bits per heavy atom. The first-order valence-corrected chi connectivity index (χ1v) is 7.34. The van der Waals surface area contributed by atoms with E-state index in [1.54, 1.807) is 6.20 Å². The molecule has 0 atom stereocenters. The van der Waals surface area contributed by atoms with Crippen molar-refractivity contribution >= 4 is 28.2 Å². The van der Waals surface area contributed by atoms with E-state index in [-0.39, 0.29) is 11.9 Å². The molecule has 0 radical (unpaired) electrons. The summed E-state index contributed by atoms with van der Waals surface area (Å²) in [6.07, 6.45) is 2.06. The summed E-state index contributed by atoms with van der Waals surface area (Å²) < 4.78 is 0. The van der Waals surface area contributed by atoms with Crippen molar-refractivity contribution in [3.05, 3.63) is 35.0 Å². The van der Waals surface area contributed by atoms with E-state index in [4.69, 9.17) is 0 Å². The average Bonchev–Trinajstić information content (AvgIpc) is 2.75. The van der Waals surface area contributed by atoms with Crippen molar-refractivity contribution in [2.45, 2.75) is 33.2 Å². The highest BCUT2D eigenvalue weighted by Gasteiger charge is 2.09. The molecule has 20 heavy (non-hydrogen) atoms. The second-order valence-corrected chi connectivity index (χ2v) is 5.74. The highest BCUT2D eigenvalue weighted by Crippen LogP contribution is 2.20. The zero-order valence-electron chi connectivity index (χ0n) is 11.8. The normalized spacial score (nSPS) is 10.6. The lowest BCUT2D eigenvalue weighted by atomic mass is 10.3. The van der Waals surface area contributed by atoms with Crippen molar-refractivity contribution in [3.8, 4) is 0 Å². The smallest absolute Gasteiger partial charge is 0.226 e. The van der Waals surface area contributed by atoms with E-state index in [2.05, 4.69) is 20.6 Å². The molecule has 5 nitrogen and oxygen atoms in total. The van der Waals surface area contributed by atoms with Crippen molar-refractivity contribution in [2.24, 2.45) is 0 Å². The molecular weight excluding hydrogens is 272 g/mol. The van der Waals surface area contributed by atoms with Crippen LogP contribution in [0.2, 0.25) is 0 Å². The lowest BCUT2D eigenvalue weighted by Gasteiger charge is -2.06. The zero-order chi connectivity index (χ0) is 14.5. The Kier molecular flexibility index (Phi) is 4.68. The standard InChI is InChI=1S/C14H18N4OS/c1-9(2)16-13(19)7-11-8-20-14(17-11)18-12-6-10(3)4-5-15-12/h4-6,8-9H,7H2,1-3H3,(H,16,19)(H,15,17,18). The molecule has 0 saturated heterocycles. The molecule has 0 fully saturated rings. The van der Waals surface area contributed by atoms with Gasteiger partial charge in [0.25, 0.3) is 0 Å². The van der Waals surface area contributed by atoms with Gasteiger partial charge in [-0.15, -0.1) is 11.3 Å². The molecule has 2 rings (SSSR count). The number of carbonyl (C=O) groups excluding carboxylic acids is 1. The van der Waals surface area contributed by atoms with Gasteiger partial charge < -0.3 is 10.6 Å². The van der Waals surface area contributed by atoms with E-state index in [0.717, 1.165) is 22.2 Å². The Bertz CT molecular complexity index is 594. The van der Waals surface area contributed by atoms with Crippen molar-refractivity contribution < 1.29 is 4.79 Å². The molecule has 0 aliphatic rings. The molecule has 0 aromatic carbocycles. The Balaban J connectivity index is 1.97. The highest BCUT2D eigenvalue weighted by atomic mass is 32.1. The van der Waals surface area contributed by atoms with Crippen molar-refractivity contribution in [1.82, 2.24) is 15.3 Å². The van der Waals surface area contributed by atoms with Crippen LogP contribution < -0.4 is 10.6 Å². The number of thiazole rings is 1. The number of aryl methyl sites for hydroxylation is 1. The van der Waals surface area contributed by atoms with Crippen LogP contribution in [0, 0.1) is 6.92 Å². The van der Waals surface area contributed by atoms with Crippen LogP contribution in [0.5, 0.6) is 0 Å². The average molecular weight is 290 g/mol. The maximum absolute atomic E-state index is 11.7. The Morgan fingerprint density at radius 2 is 2.25 bits per heavy atom. The lowest BCUT2D eigenvalue weighted by Crippen LogP contribution is -2.31. The Morgan fingerprint density at radius 3 is 2.95 bits per heavy atom. The summed E-state index contributed by atoms with van der Waals surface area (Å²) in [5.74, 6) is 0.753. The predicted molar refractivity (Wildman–Crippen MR) is 81.4 cm³/mol. The highest BCUT2D eigenvalue weighted by molar-refractivity contribution is 7.13. The second kappa shape index (κ2) is 6.47. The number of pyridine rings is 1. The first-order valence-electron chi connectivity index (χ1n) is 6.46. The topological polar surface area (TPSA) is 66.9 Å². The molecule has 2 aromatic rings. The molecule has 2 aromatic heterocycles. The van der Waals surface area contributed by atoms with Gasteiger partial charge in [0.15, 0.2) is 5.13 Å². The number of nitrogens with one attached hydrogen (secondary N) is 2. The molecule has 0 aliphatic carbocycles. The molecule has 0 saturated carbocycles. The van der Waals surface area contributed by atoms with Crippen LogP contribution in [0.4, 0.5) is 10.9 Å². The minimum Gasteiger partial charge on any atom is -0.354 e. The molecular formula is C14H18N4OS. The SMILES string of the molecule is Cc1ccnc(Nc2nc(CC(=O)NC(C)C)cs2)c1. The number of hydrogen-bond donors (Lipinski definition) is 2. The van der Waals surface area contributed by atoms with Crippen LogP contribution in [0.15, 0.2) is 23.7 Å². The minimum atomic E-state index is -0.00877. The van der Waals surface area contributed by atoms with E-state index < -0.39 is 0 Å². The summed E-state index contributed by atoms with van der Waals surface area (Å²) in [5.41, 5.74) is 1.90. The maximum Gasteiger partial charge on any atom is 0.226 e. The fraction of sp³-hybridized carbons (Fsp3) is 0.357. The lowest BCUT2D eigenvalue weighted by molar-refractivity contribution is -0.120. The van der Waals surface area contributed by atoms with E-state index in [9.17, 15) is 4.79 Å². The van der Waals surface area contributed by atoms with E-state index in [1.165, 1.54) is 11.3 Å². The first kappa shape index (κ1) is 14.5. The van der Waals surface area contributed by atoms with Crippen molar-refractivity contribution in [2.75, 3.05) is 5.32 Å². The molecule has 6 heteroatoms. The van der Waals surface area contributed by atoms with Gasteiger partial charge in [0.2, 0.25) is 5.91 Å². The molecule has 0 aliphatic heterocycles. The summed E-state index contributed by atoms with van der Waals surface area (Å²) in [6, 6.07) is 4.04. The van der Waals surface area contributed by atoms with Crippen LogP contribution >= 0.6 is 11.3 Å². The largest absolute Gasteiger partial charge is 0.354 e. The van der Waals surface area contributed by atoms with Crippen LogP contribution in [0.25, 0.3) is 0 Å². The number of anilines is 2. The summed E-state index contributed by atoms with van der Waals surface area (Å²) in [5, 5.41) is 8.63. The monoisotopic (exact) mass is 290 g/mol. The van der Waals surface area contributed by atoms with Crippen LogP contribution in [0.1, 0.15) is 25.1 Å². The molecule has 2 N–H and O–H groups in total. The van der Waals surface area contributed by atoms with Gasteiger partial charge in [-0.1, -0.05) is 0 Å². The van der Waals surface area contributed by atoms with Crippen LogP contribution in [-0.2, 0) is 11.2 Å². The van der Waals surface area contributed by atoms with Gasteiger partial charge in [0.1, 0.15) is 5.82 Å². The molecule has 0 unspecified atom stereocenters. The van der Waals surface area contributed by atoms with Crippen LogP contribution in [-0.4, -0.2) is 21.9 Å². The van der Waals surface area contributed by atoms with Gasteiger partial charge >= 0.3 is 0 Å². The van der Waals surface area contributed by atoms with Gasteiger partial charge in [0.05, 0.1) is 12.1 Å². The fourth-order valence-electron chi connectivity index (χ4n) is 1.70. The third-order valence-electron chi connectivity index (χ3n) is 2.49. The van der Waals surface area contributed by atoms with Gasteiger partial charge in [-0.05, 0) is 38.5 Å². The quantitative estimate of drug-likeness (QED) is 0.888. The predicted octanol–water partition coefficient (Wildman–Crippen LogP) is 2.66. The summed E-state index contributed by atoms with van der Waals surface area (Å²) >= 11 is 1.47. The van der Waals surface area contributed by atoms with Gasteiger partial charge in [0, 0.05) is 17.6 Å². The van der Waals surface area contributed by atoms with Gasteiger partial charge in [-0.3, -0.25) is 4.79 Å². The number of nitrogens with zero attached hydrogens (tertiary/aromatic N) is 2. The number of rotatable bonds is 5. The van der Waals surface area contributed by atoms with E-state index >= 15 is 0 Å². The summed E-state index contributed by atoms with van der Waals surface area (Å²) in [4.78, 5) is 20.3. The van der Waals surface area contributed by atoms with Gasteiger partial charge in [-0.2, -0.15) is 0 Å². The van der Waals surface area contributed by atoms with E-state index in [0.29, 0.717) is 6.42 Å². The number of hydrogen-bond acceptors (Lipinski definition) is 5. The van der Waals surface area contributed by atoms with Crippen LogP contribution in [0.3, 0.4) is 0 Å². The fourth-order valence-corrected chi connectivity index (χ4v) is 2.41. The number of aromatic nitrogens is 2. The zero-order valence-corrected chi connectivity index (χ0v) is 12.6. The second-order valence-electron chi connectivity index (χ2n) is 4.89. The maximum atomic E-state index is 11.7. The van der Waals surface area contributed by atoms with E-state index in [1.807, 2.05) is 38.3 Å². The molecule has 0 bridgehead atoms. The summed E-state index contributed by atoms with van der Waals surface area (Å²) in [6.45, 7) is 5.89. The van der Waals surface area contributed by atoms with Gasteiger partial charge in [-0.25, -0.2) is 9.97 Å². The Labute approximate surface area is 122 Å². The third-order valence-corrected chi connectivity index (χ3v) is 3.30. The molecule has 0 spiro atoms. The molecule has 106 valence electrons. The molecule has 1 amide bonds. The summed E-state index contributed by atoms with van der Waals surface area (Å²) in [7, 11) is 0. The number of amides is 1.